The van der Waals surface area contributed by atoms with Crippen molar-refractivity contribution in [1.82, 2.24) is 29.5 Å². The number of carbonyl (C=O) groups is 1. The van der Waals surface area contributed by atoms with Crippen molar-refractivity contribution in [2.24, 2.45) is 11.3 Å². The highest BCUT2D eigenvalue weighted by Crippen LogP contribution is 2.78. The number of hydrogen-bond donors (Lipinski definition) is 1. The van der Waals surface area contributed by atoms with E-state index in [4.69, 9.17) is 4.74 Å². The Hall–Kier alpha value is -3.28. The van der Waals surface area contributed by atoms with Crippen LogP contribution < -0.4 is 5.32 Å². The van der Waals surface area contributed by atoms with E-state index in [1.165, 1.54) is 29.3 Å². The summed E-state index contributed by atoms with van der Waals surface area (Å²) in [5.74, 6) is 0.397. The van der Waals surface area contributed by atoms with Crippen molar-refractivity contribution >= 4 is 17.5 Å². The van der Waals surface area contributed by atoms with Crippen molar-refractivity contribution < 1.29 is 22.7 Å². The monoisotopic (exact) mass is 473 g/mol. The zero-order valence-electron chi connectivity index (χ0n) is 18.7. The first kappa shape index (κ1) is 21.3. The van der Waals surface area contributed by atoms with Gasteiger partial charge < -0.3 is 9.64 Å². The Kier molecular flexibility index (Phi) is 4.16. The zero-order chi connectivity index (χ0) is 24.0. The van der Waals surface area contributed by atoms with Crippen LogP contribution in [0.1, 0.15) is 32.3 Å². The van der Waals surface area contributed by atoms with Crippen molar-refractivity contribution in [3.63, 3.8) is 0 Å². The number of pyridine rings is 1. The van der Waals surface area contributed by atoms with Crippen LogP contribution in [0.25, 0.3) is 16.9 Å². The predicted octanol–water partition coefficient (Wildman–Crippen LogP) is 3.62. The Labute approximate surface area is 192 Å². The van der Waals surface area contributed by atoms with Gasteiger partial charge in [-0.2, -0.15) is 18.3 Å². The Balaban J connectivity index is 1.33. The van der Waals surface area contributed by atoms with Crippen LogP contribution in [0.4, 0.5) is 23.8 Å². The van der Waals surface area contributed by atoms with Crippen LogP contribution in [0.2, 0.25) is 0 Å². The Bertz CT molecular complexity index is 1330. The molecule has 1 unspecified atom stereocenters. The van der Waals surface area contributed by atoms with Crippen LogP contribution >= 0.6 is 0 Å². The molecule has 2 saturated carbocycles. The fourth-order valence-corrected chi connectivity index (χ4v) is 6.61. The van der Waals surface area contributed by atoms with Crippen molar-refractivity contribution in [3.8, 4) is 11.3 Å². The van der Waals surface area contributed by atoms with Gasteiger partial charge in [0.15, 0.2) is 5.65 Å². The highest BCUT2D eigenvalue weighted by atomic mass is 19.4. The number of urea groups is 1. The van der Waals surface area contributed by atoms with E-state index in [0.29, 0.717) is 17.8 Å². The first-order valence-electron chi connectivity index (χ1n) is 10.9. The van der Waals surface area contributed by atoms with Crippen LogP contribution in [0.15, 0.2) is 31.0 Å². The predicted molar refractivity (Wildman–Crippen MR) is 114 cm³/mol. The number of alkyl halides is 3. The lowest BCUT2D eigenvalue weighted by Gasteiger charge is -2.86. The van der Waals surface area contributed by atoms with Gasteiger partial charge in [-0.05, 0) is 31.2 Å². The summed E-state index contributed by atoms with van der Waals surface area (Å²) in [6.07, 6.45) is 1.64. The molecule has 1 aliphatic heterocycles. The Morgan fingerprint density at radius 3 is 2.76 bits per heavy atom. The van der Waals surface area contributed by atoms with E-state index < -0.39 is 11.7 Å². The second-order valence-corrected chi connectivity index (χ2v) is 9.70. The van der Waals surface area contributed by atoms with E-state index in [1.54, 1.807) is 12.0 Å². The van der Waals surface area contributed by atoms with Gasteiger partial charge in [0.2, 0.25) is 0 Å². The largest absolute Gasteiger partial charge is 0.418 e. The fourth-order valence-electron chi connectivity index (χ4n) is 6.61. The summed E-state index contributed by atoms with van der Waals surface area (Å²) in [6.45, 7) is 4.18. The molecule has 3 aromatic heterocycles. The molecule has 0 spiro atoms. The number of aromatic nitrogens is 5. The zero-order valence-corrected chi connectivity index (χ0v) is 18.7. The Morgan fingerprint density at radius 1 is 1.29 bits per heavy atom. The van der Waals surface area contributed by atoms with E-state index >= 15 is 0 Å². The standard InChI is InChI=1S/C22H22F3N7O2/c1-11(34-3)21-9-20(2)5-15(18(20)21)32(21)19(33)30-16-4-12(13(6-27-16)22(23,24)25)14-8-31-17(7-26-14)28-10-29-31/h4,6-8,10-11,15,18H,5,9H2,1-3H3,(H,27,30,33)/t11-,15-,18?,20-,21-/m0/s1. The molecule has 12 heteroatoms. The average molecular weight is 473 g/mol. The molecule has 178 valence electrons. The van der Waals surface area contributed by atoms with Gasteiger partial charge in [-0.3, -0.25) is 10.3 Å². The van der Waals surface area contributed by atoms with Gasteiger partial charge in [-0.15, -0.1) is 0 Å². The van der Waals surface area contributed by atoms with Crippen LogP contribution in [0.5, 0.6) is 0 Å². The second kappa shape index (κ2) is 6.65. The summed E-state index contributed by atoms with van der Waals surface area (Å²) in [7, 11) is 1.62. The molecule has 3 fully saturated rings. The third-order valence-corrected chi connectivity index (χ3v) is 7.98. The number of nitrogens with zero attached hydrogens (tertiary/aromatic N) is 6. The van der Waals surface area contributed by atoms with Crippen LogP contribution in [0, 0.1) is 11.3 Å². The maximum absolute atomic E-state index is 13.7. The molecule has 0 bridgehead atoms. The first-order valence-corrected chi connectivity index (χ1v) is 10.9. The number of anilines is 1. The molecule has 5 atom stereocenters. The smallest absolute Gasteiger partial charge is 0.379 e. The maximum Gasteiger partial charge on any atom is 0.418 e. The number of carbonyl (C=O) groups excluding carboxylic acids is 1. The molecule has 3 aliphatic rings. The topological polar surface area (TPSA) is 97.5 Å². The molecule has 1 saturated heterocycles. The number of ether oxygens (including phenoxy) is 1. The highest BCUT2D eigenvalue weighted by molar-refractivity contribution is 5.91. The van der Waals surface area contributed by atoms with Crippen LogP contribution in [-0.4, -0.2) is 60.3 Å². The van der Waals surface area contributed by atoms with E-state index in [0.717, 1.165) is 12.8 Å². The molecule has 2 aliphatic carbocycles. The number of likely N-dealkylation sites (tertiary alicyclic amines) is 1. The summed E-state index contributed by atoms with van der Waals surface area (Å²) in [5, 5.41) is 6.67. The number of fused-ring (bicyclic) bond motifs is 1. The van der Waals surface area contributed by atoms with Gasteiger partial charge in [-0.25, -0.2) is 19.3 Å². The lowest BCUT2D eigenvalue weighted by Crippen LogP contribution is -2.95. The minimum atomic E-state index is -4.66. The summed E-state index contributed by atoms with van der Waals surface area (Å²) in [6, 6.07) is 0.924. The van der Waals surface area contributed by atoms with Crippen LogP contribution in [0.3, 0.4) is 0 Å². The number of methoxy groups -OCH3 is 1. The summed E-state index contributed by atoms with van der Waals surface area (Å²) < 4.78 is 48.1. The summed E-state index contributed by atoms with van der Waals surface area (Å²) >= 11 is 0. The lowest BCUT2D eigenvalue weighted by atomic mass is 9.30. The second-order valence-electron chi connectivity index (χ2n) is 9.70. The SMILES string of the molecule is CO[C@@H](C)[C@@]12C[C@]3(C)C[C@@H](C31)N2C(=O)Nc1cc(-c2cn3ncnc3cn2)c(C(F)(F)F)cn1. The maximum atomic E-state index is 13.7. The van der Waals surface area contributed by atoms with Gasteiger partial charge in [0.25, 0.3) is 0 Å². The number of piperidine rings is 3. The van der Waals surface area contributed by atoms with Gasteiger partial charge in [0, 0.05) is 30.8 Å². The molecule has 9 nitrogen and oxygen atoms in total. The van der Waals surface area contributed by atoms with E-state index in [-0.39, 0.29) is 46.2 Å². The molecular weight excluding hydrogens is 451 g/mol. The minimum absolute atomic E-state index is 0.0126. The molecule has 3 aromatic rings. The van der Waals surface area contributed by atoms with Gasteiger partial charge in [-0.1, -0.05) is 6.92 Å². The Morgan fingerprint density at radius 2 is 2.09 bits per heavy atom. The molecule has 4 heterocycles. The number of amides is 2. The molecule has 6 rings (SSSR count). The van der Waals surface area contributed by atoms with Gasteiger partial charge in [0.05, 0.1) is 35.3 Å². The van der Waals surface area contributed by atoms with Crippen molar-refractivity contribution in [2.75, 3.05) is 12.4 Å². The fraction of sp³-hybridized carbons (Fsp3) is 0.500. The number of hydrogen-bond acceptors (Lipinski definition) is 6. The molecule has 0 aromatic carbocycles. The summed E-state index contributed by atoms with van der Waals surface area (Å²) in [4.78, 5) is 27.1. The molecule has 2 amide bonds. The first-order chi connectivity index (χ1) is 16.1. The average Bonchev–Trinajstić information content (AvgIpc) is 3.24. The van der Waals surface area contributed by atoms with E-state index in [2.05, 4.69) is 32.3 Å². The number of rotatable bonds is 4. The van der Waals surface area contributed by atoms with Gasteiger partial charge >= 0.3 is 12.2 Å². The summed E-state index contributed by atoms with van der Waals surface area (Å²) in [5.41, 5.74) is -0.885. The minimum Gasteiger partial charge on any atom is -0.379 e. The van der Waals surface area contributed by atoms with Crippen molar-refractivity contribution in [1.29, 1.82) is 0 Å². The van der Waals surface area contributed by atoms with Crippen molar-refractivity contribution in [2.45, 2.75) is 50.6 Å². The lowest BCUT2D eigenvalue weighted by molar-refractivity contribution is -0.361. The quantitative estimate of drug-likeness (QED) is 0.622. The molecular formula is C22H22F3N7O2. The third kappa shape index (κ3) is 2.62. The molecule has 1 N–H and O–H groups in total. The molecule has 0 radical (unpaired) electrons. The molecule has 34 heavy (non-hydrogen) atoms. The van der Waals surface area contributed by atoms with Gasteiger partial charge in [0.1, 0.15) is 12.1 Å². The van der Waals surface area contributed by atoms with E-state index in [1.807, 2.05) is 6.92 Å². The number of halogens is 3. The third-order valence-electron chi connectivity index (χ3n) is 7.98. The van der Waals surface area contributed by atoms with E-state index in [9.17, 15) is 18.0 Å². The number of nitrogens with one attached hydrogen (secondary N) is 1. The normalized spacial score (nSPS) is 30.1. The van der Waals surface area contributed by atoms with Crippen LogP contribution in [-0.2, 0) is 10.9 Å². The highest BCUT2D eigenvalue weighted by Gasteiger charge is 2.84. The van der Waals surface area contributed by atoms with Crippen molar-refractivity contribution in [3.05, 3.63) is 36.5 Å².